The largest absolute Gasteiger partial charge is 0.495 e. The Bertz CT molecular complexity index is 936. The summed E-state index contributed by atoms with van der Waals surface area (Å²) in [5.74, 6) is 1.09. The van der Waals surface area contributed by atoms with Gasteiger partial charge in [-0.1, -0.05) is 18.2 Å². The highest BCUT2D eigenvalue weighted by Gasteiger charge is 2.27. The summed E-state index contributed by atoms with van der Waals surface area (Å²) in [5.41, 5.74) is 2.91. The molecule has 1 fully saturated rings. The molecule has 0 spiro atoms. The van der Waals surface area contributed by atoms with Crippen molar-refractivity contribution in [3.63, 3.8) is 0 Å². The number of hydrogen-bond donors (Lipinski definition) is 0. The van der Waals surface area contributed by atoms with E-state index in [0.29, 0.717) is 17.2 Å². The van der Waals surface area contributed by atoms with Crippen molar-refractivity contribution in [2.75, 3.05) is 20.2 Å². The van der Waals surface area contributed by atoms with E-state index >= 15 is 0 Å². The van der Waals surface area contributed by atoms with E-state index in [1.54, 1.807) is 25.6 Å². The average Bonchev–Trinajstić information content (AvgIpc) is 3.16. The standard InChI is InChI=1S/C21H21N3O2/c1-26-18-11-17(12-22-13-18)21(25)24-9-7-15(14-24)10-16-6-8-23-20-5-3-2-4-19(16)20/h2-6,8,11-13,15H,7,9-10,14H2,1H3. The number of amides is 1. The molecule has 0 N–H and O–H groups in total. The lowest BCUT2D eigenvalue weighted by Gasteiger charge is -2.17. The SMILES string of the molecule is COc1cncc(C(=O)N2CCC(Cc3ccnc4ccccc34)C2)c1. The van der Waals surface area contributed by atoms with Gasteiger partial charge in [-0.25, -0.2) is 0 Å². The molecule has 1 atom stereocenters. The van der Waals surface area contributed by atoms with E-state index in [2.05, 4.69) is 22.1 Å². The van der Waals surface area contributed by atoms with Gasteiger partial charge in [-0.15, -0.1) is 0 Å². The maximum absolute atomic E-state index is 12.7. The molecule has 0 radical (unpaired) electrons. The van der Waals surface area contributed by atoms with Crippen LogP contribution in [0.3, 0.4) is 0 Å². The zero-order valence-electron chi connectivity index (χ0n) is 14.8. The van der Waals surface area contributed by atoms with E-state index < -0.39 is 0 Å². The van der Waals surface area contributed by atoms with E-state index in [4.69, 9.17) is 4.74 Å². The van der Waals surface area contributed by atoms with Crippen molar-refractivity contribution in [2.45, 2.75) is 12.8 Å². The van der Waals surface area contributed by atoms with E-state index in [1.165, 1.54) is 10.9 Å². The number of ether oxygens (including phenoxy) is 1. The van der Waals surface area contributed by atoms with Crippen LogP contribution >= 0.6 is 0 Å². The van der Waals surface area contributed by atoms with Gasteiger partial charge in [-0.05, 0) is 42.5 Å². The van der Waals surface area contributed by atoms with Crippen LogP contribution in [0, 0.1) is 5.92 Å². The van der Waals surface area contributed by atoms with E-state index in [0.717, 1.165) is 31.4 Å². The molecule has 1 aliphatic heterocycles. The van der Waals surface area contributed by atoms with Gasteiger partial charge in [0.25, 0.3) is 5.91 Å². The third kappa shape index (κ3) is 3.25. The summed E-state index contributed by atoms with van der Waals surface area (Å²) in [4.78, 5) is 23.2. The number of pyridine rings is 2. The number of likely N-dealkylation sites (tertiary alicyclic amines) is 1. The Kier molecular flexibility index (Phi) is 4.52. The van der Waals surface area contributed by atoms with Gasteiger partial charge in [0.2, 0.25) is 0 Å². The number of aromatic nitrogens is 2. The third-order valence-corrected chi connectivity index (χ3v) is 5.02. The van der Waals surface area contributed by atoms with Crippen LogP contribution in [0.5, 0.6) is 5.75 Å². The molecule has 0 saturated carbocycles. The molecule has 1 aliphatic rings. The van der Waals surface area contributed by atoms with Crippen LogP contribution in [0.25, 0.3) is 10.9 Å². The monoisotopic (exact) mass is 347 g/mol. The first kappa shape index (κ1) is 16.5. The first-order chi connectivity index (χ1) is 12.7. The molecule has 3 heterocycles. The Morgan fingerprint density at radius 2 is 2.15 bits per heavy atom. The molecule has 5 heteroatoms. The third-order valence-electron chi connectivity index (χ3n) is 5.02. The van der Waals surface area contributed by atoms with Crippen molar-refractivity contribution < 1.29 is 9.53 Å². The fourth-order valence-corrected chi connectivity index (χ4v) is 3.66. The second-order valence-corrected chi connectivity index (χ2v) is 6.71. The Balaban J connectivity index is 1.47. The van der Waals surface area contributed by atoms with Gasteiger partial charge in [-0.3, -0.25) is 14.8 Å². The number of benzene rings is 1. The number of carbonyl (C=O) groups is 1. The van der Waals surface area contributed by atoms with Gasteiger partial charge in [0.05, 0.1) is 24.4 Å². The summed E-state index contributed by atoms with van der Waals surface area (Å²) >= 11 is 0. The van der Waals surface area contributed by atoms with Crippen molar-refractivity contribution in [1.29, 1.82) is 0 Å². The average molecular weight is 347 g/mol. The Labute approximate surface area is 152 Å². The topological polar surface area (TPSA) is 55.3 Å². The van der Waals surface area contributed by atoms with Gasteiger partial charge in [0, 0.05) is 30.9 Å². The van der Waals surface area contributed by atoms with Crippen LogP contribution in [0.4, 0.5) is 0 Å². The van der Waals surface area contributed by atoms with E-state index in [1.807, 2.05) is 29.3 Å². The Morgan fingerprint density at radius 3 is 3.04 bits per heavy atom. The number of carbonyl (C=O) groups excluding carboxylic acids is 1. The molecule has 1 aromatic carbocycles. The van der Waals surface area contributed by atoms with Crippen molar-refractivity contribution >= 4 is 16.8 Å². The molecule has 4 rings (SSSR count). The fraction of sp³-hybridized carbons (Fsp3) is 0.286. The molecule has 2 aromatic heterocycles. The lowest BCUT2D eigenvalue weighted by atomic mass is 9.96. The maximum Gasteiger partial charge on any atom is 0.255 e. The molecule has 1 amide bonds. The summed E-state index contributed by atoms with van der Waals surface area (Å²) in [6, 6.07) is 12.1. The van der Waals surface area contributed by atoms with Crippen molar-refractivity contribution in [2.24, 2.45) is 5.92 Å². The van der Waals surface area contributed by atoms with Crippen molar-refractivity contribution in [3.05, 3.63) is 66.1 Å². The number of para-hydroxylation sites is 1. The van der Waals surface area contributed by atoms with Crippen molar-refractivity contribution in [1.82, 2.24) is 14.9 Å². The number of rotatable bonds is 4. The molecule has 1 saturated heterocycles. The van der Waals surface area contributed by atoms with Crippen LogP contribution in [0.1, 0.15) is 22.3 Å². The second-order valence-electron chi connectivity index (χ2n) is 6.71. The molecule has 0 bridgehead atoms. The van der Waals surface area contributed by atoms with Crippen LogP contribution in [0.15, 0.2) is 55.0 Å². The summed E-state index contributed by atoms with van der Waals surface area (Å²) in [6.07, 6.45) is 7.06. The predicted octanol–water partition coefficient (Wildman–Crippen LogP) is 3.34. The summed E-state index contributed by atoms with van der Waals surface area (Å²) < 4.78 is 5.17. The van der Waals surface area contributed by atoms with Crippen LogP contribution in [-0.2, 0) is 6.42 Å². The smallest absolute Gasteiger partial charge is 0.255 e. The Morgan fingerprint density at radius 1 is 1.27 bits per heavy atom. The van der Waals surface area contributed by atoms with Crippen molar-refractivity contribution in [3.8, 4) is 5.75 Å². The predicted molar refractivity (Wildman–Crippen MR) is 100 cm³/mol. The van der Waals surface area contributed by atoms with Crippen LogP contribution in [-0.4, -0.2) is 41.0 Å². The molecule has 26 heavy (non-hydrogen) atoms. The summed E-state index contributed by atoms with van der Waals surface area (Å²) in [7, 11) is 1.58. The Hall–Kier alpha value is -2.95. The van der Waals surface area contributed by atoms with Gasteiger partial charge in [0.1, 0.15) is 5.75 Å². The lowest BCUT2D eigenvalue weighted by Crippen LogP contribution is -2.29. The minimum Gasteiger partial charge on any atom is -0.495 e. The molecule has 3 aromatic rings. The van der Waals surface area contributed by atoms with Gasteiger partial charge < -0.3 is 9.64 Å². The van der Waals surface area contributed by atoms with E-state index in [9.17, 15) is 4.79 Å². The van der Waals surface area contributed by atoms with Crippen LogP contribution < -0.4 is 4.74 Å². The molecule has 0 aliphatic carbocycles. The number of methoxy groups -OCH3 is 1. The first-order valence-corrected chi connectivity index (χ1v) is 8.85. The lowest BCUT2D eigenvalue weighted by molar-refractivity contribution is 0.0786. The highest BCUT2D eigenvalue weighted by molar-refractivity contribution is 5.94. The molecule has 1 unspecified atom stereocenters. The number of hydrogen-bond acceptors (Lipinski definition) is 4. The number of nitrogens with zero attached hydrogens (tertiary/aromatic N) is 3. The molecule has 5 nitrogen and oxygen atoms in total. The number of fused-ring (bicyclic) bond motifs is 1. The fourth-order valence-electron chi connectivity index (χ4n) is 3.66. The van der Waals surface area contributed by atoms with E-state index in [-0.39, 0.29) is 5.91 Å². The highest BCUT2D eigenvalue weighted by atomic mass is 16.5. The molecular weight excluding hydrogens is 326 g/mol. The minimum atomic E-state index is 0.0264. The highest BCUT2D eigenvalue weighted by Crippen LogP contribution is 2.26. The summed E-state index contributed by atoms with van der Waals surface area (Å²) in [5, 5.41) is 1.21. The van der Waals surface area contributed by atoms with Gasteiger partial charge in [-0.2, -0.15) is 0 Å². The quantitative estimate of drug-likeness (QED) is 0.726. The minimum absolute atomic E-state index is 0.0264. The first-order valence-electron chi connectivity index (χ1n) is 8.85. The summed E-state index contributed by atoms with van der Waals surface area (Å²) in [6.45, 7) is 1.55. The molecular formula is C21H21N3O2. The van der Waals surface area contributed by atoms with Gasteiger partial charge in [0.15, 0.2) is 0 Å². The zero-order chi connectivity index (χ0) is 17.9. The van der Waals surface area contributed by atoms with Crippen LogP contribution in [0.2, 0.25) is 0 Å². The molecule has 132 valence electrons. The van der Waals surface area contributed by atoms with Gasteiger partial charge >= 0.3 is 0 Å². The zero-order valence-corrected chi connectivity index (χ0v) is 14.8. The second kappa shape index (κ2) is 7.12. The normalized spacial score (nSPS) is 16.8. The maximum atomic E-state index is 12.7.